The van der Waals surface area contributed by atoms with Crippen molar-refractivity contribution in [1.29, 1.82) is 0 Å². The molecule has 15 heavy (non-hydrogen) atoms. The molecule has 0 unspecified atom stereocenters. The van der Waals surface area contributed by atoms with Gasteiger partial charge in [-0.25, -0.2) is 0 Å². The Bertz CT molecular complexity index is 234. The Morgan fingerprint density at radius 1 is 1.20 bits per heavy atom. The van der Waals surface area contributed by atoms with Crippen LogP contribution in [0.15, 0.2) is 0 Å². The normalized spacial score (nSPS) is 14.8. The molecule has 1 fully saturated rings. The maximum absolute atomic E-state index is 11.5. The largest absolute Gasteiger partial charge is 0.395 e. The molecule has 2 amide bonds. The minimum absolute atomic E-state index is 0.0669. The summed E-state index contributed by atoms with van der Waals surface area (Å²) in [5, 5.41) is 19.9. The second kappa shape index (κ2) is 5.67. The first-order valence-electron chi connectivity index (χ1n) is 5.00. The minimum Gasteiger partial charge on any atom is -0.395 e. The first kappa shape index (κ1) is 11.9. The lowest BCUT2D eigenvalue weighted by Crippen LogP contribution is -2.45. The topological polar surface area (TPSA) is 89.9 Å². The first-order valence-corrected chi connectivity index (χ1v) is 5.00. The average Bonchev–Trinajstić information content (AvgIpc) is 3.00. The van der Waals surface area contributed by atoms with Crippen LogP contribution in [0.2, 0.25) is 0 Å². The van der Waals surface area contributed by atoms with Gasteiger partial charge in [0, 0.05) is 19.1 Å². The fourth-order valence-electron chi connectivity index (χ4n) is 1.17. The van der Waals surface area contributed by atoms with Gasteiger partial charge in [0.05, 0.1) is 13.2 Å². The molecule has 1 aliphatic carbocycles. The number of aliphatic hydroxyl groups is 2. The maximum Gasteiger partial charge on any atom is 0.312 e. The van der Waals surface area contributed by atoms with Gasteiger partial charge < -0.3 is 20.4 Å². The molecule has 0 aromatic carbocycles. The van der Waals surface area contributed by atoms with E-state index in [2.05, 4.69) is 5.32 Å². The SMILES string of the molecule is O=C(NC1CC1)C(=O)N(CCO)CCO. The highest BCUT2D eigenvalue weighted by atomic mass is 16.3. The van der Waals surface area contributed by atoms with Gasteiger partial charge in [0.1, 0.15) is 0 Å². The van der Waals surface area contributed by atoms with Gasteiger partial charge in [-0.05, 0) is 12.8 Å². The Labute approximate surface area is 87.9 Å². The van der Waals surface area contributed by atoms with Crippen LogP contribution < -0.4 is 5.32 Å². The van der Waals surface area contributed by atoms with Crippen molar-refractivity contribution in [2.24, 2.45) is 0 Å². The lowest BCUT2D eigenvalue weighted by Gasteiger charge is -2.19. The molecule has 0 bridgehead atoms. The summed E-state index contributed by atoms with van der Waals surface area (Å²) in [6.45, 7) is -0.306. The number of nitrogens with zero attached hydrogens (tertiary/aromatic N) is 1. The molecule has 86 valence electrons. The summed E-state index contributed by atoms with van der Waals surface area (Å²) in [6.07, 6.45) is 1.83. The number of hydrogen-bond donors (Lipinski definition) is 3. The van der Waals surface area contributed by atoms with Gasteiger partial charge in [0.15, 0.2) is 0 Å². The van der Waals surface area contributed by atoms with E-state index in [-0.39, 0.29) is 32.3 Å². The monoisotopic (exact) mass is 216 g/mol. The van der Waals surface area contributed by atoms with E-state index in [0.717, 1.165) is 17.7 Å². The van der Waals surface area contributed by atoms with E-state index in [1.165, 1.54) is 0 Å². The van der Waals surface area contributed by atoms with Crippen molar-refractivity contribution >= 4 is 11.8 Å². The smallest absolute Gasteiger partial charge is 0.312 e. The van der Waals surface area contributed by atoms with Crippen molar-refractivity contribution in [2.75, 3.05) is 26.3 Å². The van der Waals surface area contributed by atoms with Gasteiger partial charge in [-0.1, -0.05) is 0 Å². The molecule has 6 nitrogen and oxygen atoms in total. The van der Waals surface area contributed by atoms with Crippen molar-refractivity contribution in [3.8, 4) is 0 Å². The van der Waals surface area contributed by atoms with Crippen LogP contribution in [0.4, 0.5) is 0 Å². The predicted octanol–water partition coefficient (Wildman–Crippen LogP) is -1.92. The number of carbonyl (C=O) groups is 2. The van der Waals surface area contributed by atoms with Crippen LogP contribution in [0.25, 0.3) is 0 Å². The average molecular weight is 216 g/mol. The van der Waals surface area contributed by atoms with Crippen LogP contribution in [0.3, 0.4) is 0 Å². The molecule has 0 atom stereocenters. The van der Waals surface area contributed by atoms with E-state index in [0.29, 0.717) is 0 Å². The van der Waals surface area contributed by atoms with Crippen LogP contribution in [0, 0.1) is 0 Å². The van der Waals surface area contributed by atoms with Crippen molar-refractivity contribution in [3.63, 3.8) is 0 Å². The summed E-state index contributed by atoms with van der Waals surface area (Å²) in [4.78, 5) is 23.9. The lowest BCUT2D eigenvalue weighted by atomic mass is 10.4. The zero-order chi connectivity index (χ0) is 11.3. The quantitative estimate of drug-likeness (QED) is 0.467. The minimum atomic E-state index is -0.690. The van der Waals surface area contributed by atoms with Crippen molar-refractivity contribution < 1.29 is 19.8 Å². The van der Waals surface area contributed by atoms with E-state index in [1.54, 1.807) is 0 Å². The summed E-state index contributed by atoms with van der Waals surface area (Å²) in [5.74, 6) is -1.34. The van der Waals surface area contributed by atoms with E-state index in [4.69, 9.17) is 10.2 Å². The van der Waals surface area contributed by atoms with Crippen molar-refractivity contribution in [1.82, 2.24) is 10.2 Å². The highest BCUT2D eigenvalue weighted by molar-refractivity contribution is 6.35. The Balaban J connectivity index is 2.41. The van der Waals surface area contributed by atoms with Gasteiger partial charge in [-0.2, -0.15) is 0 Å². The highest BCUT2D eigenvalue weighted by Gasteiger charge is 2.28. The second-order valence-corrected chi connectivity index (χ2v) is 3.49. The highest BCUT2D eigenvalue weighted by Crippen LogP contribution is 2.18. The fraction of sp³-hybridized carbons (Fsp3) is 0.778. The van der Waals surface area contributed by atoms with E-state index in [9.17, 15) is 9.59 Å². The second-order valence-electron chi connectivity index (χ2n) is 3.49. The molecular formula is C9H16N2O4. The van der Waals surface area contributed by atoms with Gasteiger partial charge >= 0.3 is 11.8 Å². The van der Waals surface area contributed by atoms with Gasteiger partial charge in [0.2, 0.25) is 0 Å². The van der Waals surface area contributed by atoms with Crippen LogP contribution >= 0.6 is 0 Å². The Hall–Kier alpha value is -1.14. The molecule has 0 saturated heterocycles. The summed E-state index contributed by atoms with van der Waals surface area (Å²) >= 11 is 0. The summed E-state index contributed by atoms with van der Waals surface area (Å²) in [6, 6.07) is 0.131. The van der Waals surface area contributed by atoms with Crippen LogP contribution in [-0.2, 0) is 9.59 Å². The number of carbonyl (C=O) groups excluding carboxylic acids is 2. The Kier molecular flexibility index (Phi) is 4.51. The molecule has 0 aromatic rings. The standard InChI is InChI=1S/C9H16N2O4/c12-5-3-11(4-6-13)9(15)8(14)10-7-1-2-7/h7,12-13H,1-6H2,(H,10,14). The molecule has 0 spiro atoms. The summed E-state index contributed by atoms with van der Waals surface area (Å²) in [5.41, 5.74) is 0. The van der Waals surface area contributed by atoms with Gasteiger partial charge in [-0.15, -0.1) is 0 Å². The molecule has 3 N–H and O–H groups in total. The maximum atomic E-state index is 11.5. The zero-order valence-electron chi connectivity index (χ0n) is 8.48. The summed E-state index contributed by atoms with van der Waals surface area (Å²) < 4.78 is 0. The van der Waals surface area contributed by atoms with E-state index < -0.39 is 11.8 Å². The molecule has 0 aliphatic heterocycles. The molecule has 1 aliphatic rings. The van der Waals surface area contributed by atoms with E-state index in [1.807, 2.05) is 0 Å². The van der Waals surface area contributed by atoms with Crippen LogP contribution in [-0.4, -0.2) is 59.3 Å². The summed E-state index contributed by atoms with van der Waals surface area (Å²) in [7, 11) is 0. The Morgan fingerprint density at radius 2 is 1.73 bits per heavy atom. The number of aliphatic hydroxyl groups excluding tert-OH is 2. The molecular weight excluding hydrogens is 200 g/mol. The van der Waals surface area contributed by atoms with Gasteiger partial charge in [0.25, 0.3) is 0 Å². The molecule has 0 heterocycles. The van der Waals surface area contributed by atoms with Crippen molar-refractivity contribution in [2.45, 2.75) is 18.9 Å². The lowest BCUT2D eigenvalue weighted by molar-refractivity contribution is -0.146. The Morgan fingerprint density at radius 3 is 2.13 bits per heavy atom. The van der Waals surface area contributed by atoms with Crippen LogP contribution in [0.1, 0.15) is 12.8 Å². The van der Waals surface area contributed by atoms with Crippen LogP contribution in [0.5, 0.6) is 0 Å². The number of hydrogen-bond acceptors (Lipinski definition) is 4. The number of nitrogens with one attached hydrogen (secondary N) is 1. The molecule has 6 heteroatoms. The molecule has 1 saturated carbocycles. The molecule has 0 aromatic heterocycles. The third kappa shape index (κ3) is 3.85. The molecule has 1 rings (SSSR count). The number of rotatable bonds is 5. The predicted molar refractivity (Wildman–Crippen MR) is 51.9 cm³/mol. The van der Waals surface area contributed by atoms with E-state index >= 15 is 0 Å². The van der Waals surface area contributed by atoms with Crippen molar-refractivity contribution in [3.05, 3.63) is 0 Å². The van der Waals surface area contributed by atoms with Gasteiger partial charge in [-0.3, -0.25) is 9.59 Å². The zero-order valence-corrected chi connectivity index (χ0v) is 8.48. The first-order chi connectivity index (χ1) is 7.19. The molecule has 0 radical (unpaired) electrons. The number of amides is 2. The third-order valence-corrected chi connectivity index (χ3v) is 2.13. The third-order valence-electron chi connectivity index (χ3n) is 2.13. The fourth-order valence-corrected chi connectivity index (χ4v) is 1.17.